The predicted octanol–water partition coefficient (Wildman–Crippen LogP) is 3.91. The van der Waals surface area contributed by atoms with Gasteiger partial charge in [-0.25, -0.2) is 8.78 Å². The van der Waals surface area contributed by atoms with Crippen molar-refractivity contribution >= 4 is 0 Å². The van der Waals surface area contributed by atoms with Gasteiger partial charge in [-0.15, -0.1) is 0 Å². The second-order valence-electron chi connectivity index (χ2n) is 4.72. The molecule has 0 aromatic heterocycles. The van der Waals surface area contributed by atoms with Gasteiger partial charge < -0.3 is 5.73 Å². The van der Waals surface area contributed by atoms with Crippen LogP contribution in [0.25, 0.3) is 0 Å². The maximum Gasteiger partial charge on any atom is 0.133 e. The van der Waals surface area contributed by atoms with Crippen LogP contribution in [-0.2, 0) is 6.42 Å². The van der Waals surface area contributed by atoms with Gasteiger partial charge in [0.05, 0.1) is 0 Å². The Bertz CT molecular complexity index is 552. The van der Waals surface area contributed by atoms with Gasteiger partial charge in [0.15, 0.2) is 0 Å². The van der Waals surface area contributed by atoms with Gasteiger partial charge in [0, 0.05) is 11.6 Å². The highest BCUT2D eigenvalue weighted by Gasteiger charge is 2.18. The summed E-state index contributed by atoms with van der Waals surface area (Å²) in [6, 6.07) is 11.9. The van der Waals surface area contributed by atoms with Crippen LogP contribution in [-0.4, -0.2) is 0 Å². The molecule has 3 heteroatoms. The minimum Gasteiger partial charge on any atom is -0.324 e. The Hall–Kier alpha value is -1.74. The maximum absolute atomic E-state index is 13.9. The van der Waals surface area contributed by atoms with Crippen LogP contribution in [0.5, 0.6) is 0 Å². The number of halogens is 2. The van der Waals surface area contributed by atoms with E-state index in [0.29, 0.717) is 18.4 Å². The summed E-state index contributed by atoms with van der Waals surface area (Å²) in [6.45, 7) is 1.61. The number of rotatable bonds is 4. The van der Waals surface area contributed by atoms with Crippen LogP contribution in [0.4, 0.5) is 8.78 Å². The summed E-state index contributed by atoms with van der Waals surface area (Å²) in [5, 5.41) is 0. The van der Waals surface area contributed by atoms with Crippen molar-refractivity contribution in [2.75, 3.05) is 0 Å². The number of hydrogen-bond donors (Lipinski definition) is 1. The standard InChI is InChI=1S/C16H17F2N/c1-11-7-9-13(17)15(16(11)18)14(19)10-8-12-5-3-2-4-6-12/h2-7,9,14H,8,10,19H2,1H3. The van der Waals surface area contributed by atoms with E-state index in [0.717, 1.165) is 5.56 Å². The first-order chi connectivity index (χ1) is 9.09. The molecule has 0 aliphatic carbocycles. The van der Waals surface area contributed by atoms with Gasteiger partial charge in [-0.05, 0) is 37.0 Å². The molecule has 19 heavy (non-hydrogen) atoms. The van der Waals surface area contributed by atoms with Crippen LogP contribution in [0.15, 0.2) is 42.5 Å². The molecule has 1 atom stereocenters. The van der Waals surface area contributed by atoms with Crippen LogP contribution in [0.3, 0.4) is 0 Å². The molecule has 2 rings (SSSR count). The zero-order chi connectivity index (χ0) is 13.8. The van der Waals surface area contributed by atoms with Crippen LogP contribution in [0, 0.1) is 18.6 Å². The summed E-state index contributed by atoms with van der Waals surface area (Å²) >= 11 is 0. The van der Waals surface area contributed by atoms with Gasteiger partial charge in [-0.3, -0.25) is 0 Å². The van der Waals surface area contributed by atoms with Gasteiger partial charge in [0.2, 0.25) is 0 Å². The van der Waals surface area contributed by atoms with Crippen LogP contribution >= 0.6 is 0 Å². The molecule has 0 amide bonds. The molecule has 0 saturated carbocycles. The maximum atomic E-state index is 13.9. The summed E-state index contributed by atoms with van der Waals surface area (Å²) in [4.78, 5) is 0. The van der Waals surface area contributed by atoms with E-state index >= 15 is 0 Å². The Balaban J connectivity index is 2.12. The molecule has 0 spiro atoms. The van der Waals surface area contributed by atoms with E-state index in [1.54, 1.807) is 6.92 Å². The molecule has 0 aliphatic heterocycles. The van der Waals surface area contributed by atoms with Crippen molar-refractivity contribution in [2.45, 2.75) is 25.8 Å². The topological polar surface area (TPSA) is 26.0 Å². The summed E-state index contributed by atoms with van der Waals surface area (Å²) < 4.78 is 27.6. The minimum absolute atomic E-state index is 0.00377. The lowest BCUT2D eigenvalue weighted by molar-refractivity contribution is 0.508. The Morgan fingerprint density at radius 2 is 1.74 bits per heavy atom. The molecule has 2 N–H and O–H groups in total. The Morgan fingerprint density at radius 1 is 1.05 bits per heavy atom. The quantitative estimate of drug-likeness (QED) is 0.887. The predicted molar refractivity (Wildman–Crippen MR) is 72.8 cm³/mol. The largest absolute Gasteiger partial charge is 0.324 e. The normalized spacial score (nSPS) is 12.4. The fraction of sp³-hybridized carbons (Fsp3) is 0.250. The third-order valence-corrected chi connectivity index (χ3v) is 3.28. The molecule has 2 aromatic carbocycles. The smallest absolute Gasteiger partial charge is 0.133 e. The number of nitrogens with two attached hydrogens (primary N) is 1. The van der Waals surface area contributed by atoms with Gasteiger partial charge in [-0.2, -0.15) is 0 Å². The molecule has 2 aromatic rings. The third kappa shape index (κ3) is 3.18. The molecule has 0 fully saturated rings. The lowest BCUT2D eigenvalue weighted by Gasteiger charge is -2.15. The van der Waals surface area contributed by atoms with Crippen molar-refractivity contribution < 1.29 is 8.78 Å². The van der Waals surface area contributed by atoms with Crippen molar-refractivity contribution in [3.05, 3.63) is 70.8 Å². The molecule has 1 unspecified atom stereocenters. The second kappa shape index (κ2) is 5.93. The zero-order valence-corrected chi connectivity index (χ0v) is 10.9. The summed E-state index contributed by atoms with van der Waals surface area (Å²) in [6.07, 6.45) is 1.22. The molecule has 0 radical (unpaired) electrons. The van der Waals surface area contributed by atoms with Gasteiger partial charge >= 0.3 is 0 Å². The second-order valence-corrected chi connectivity index (χ2v) is 4.72. The van der Waals surface area contributed by atoms with E-state index in [1.807, 2.05) is 30.3 Å². The fourth-order valence-electron chi connectivity index (χ4n) is 2.13. The average molecular weight is 261 g/mol. The number of aryl methyl sites for hydroxylation is 2. The van der Waals surface area contributed by atoms with Gasteiger partial charge in [-0.1, -0.05) is 36.4 Å². The van der Waals surface area contributed by atoms with E-state index in [9.17, 15) is 8.78 Å². The van der Waals surface area contributed by atoms with Gasteiger partial charge in [0.1, 0.15) is 11.6 Å². The van der Waals surface area contributed by atoms with Crippen molar-refractivity contribution in [3.8, 4) is 0 Å². The van der Waals surface area contributed by atoms with Crippen LogP contribution in [0.1, 0.15) is 29.2 Å². The van der Waals surface area contributed by atoms with Crippen LogP contribution < -0.4 is 5.73 Å². The Labute approximate surface area is 112 Å². The van der Waals surface area contributed by atoms with E-state index in [-0.39, 0.29) is 5.56 Å². The lowest BCUT2D eigenvalue weighted by Crippen LogP contribution is -2.16. The van der Waals surface area contributed by atoms with E-state index in [2.05, 4.69) is 0 Å². The monoisotopic (exact) mass is 261 g/mol. The third-order valence-electron chi connectivity index (χ3n) is 3.28. The van der Waals surface area contributed by atoms with Crippen molar-refractivity contribution in [2.24, 2.45) is 5.73 Å². The number of benzene rings is 2. The molecule has 0 bridgehead atoms. The molecule has 100 valence electrons. The Morgan fingerprint density at radius 3 is 2.42 bits per heavy atom. The van der Waals surface area contributed by atoms with E-state index < -0.39 is 17.7 Å². The fourth-order valence-corrected chi connectivity index (χ4v) is 2.13. The lowest BCUT2D eigenvalue weighted by atomic mass is 9.97. The van der Waals surface area contributed by atoms with E-state index in [1.165, 1.54) is 12.1 Å². The minimum atomic E-state index is -0.625. The highest BCUT2D eigenvalue weighted by atomic mass is 19.1. The highest BCUT2D eigenvalue weighted by Crippen LogP contribution is 2.24. The highest BCUT2D eigenvalue weighted by molar-refractivity contribution is 5.29. The molecular weight excluding hydrogens is 244 g/mol. The van der Waals surface area contributed by atoms with Crippen molar-refractivity contribution in [1.29, 1.82) is 0 Å². The average Bonchev–Trinajstić information content (AvgIpc) is 2.42. The SMILES string of the molecule is Cc1ccc(F)c(C(N)CCc2ccccc2)c1F. The first kappa shape index (κ1) is 13.7. The summed E-state index contributed by atoms with van der Waals surface area (Å²) in [7, 11) is 0. The number of hydrogen-bond acceptors (Lipinski definition) is 1. The molecular formula is C16H17F2N. The molecule has 0 heterocycles. The van der Waals surface area contributed by atoms with Gasteiger partial charge in [0.25, 0.3) is 0 Å². The molecule has 0 aliphatic rings. The van der Waals surface area contributed by atoms with Crippen LogP contribution in [0.2, 0.25) is 0 Å². The molecule has 0 saturated heterocycles. The first-order valence-corrected chi connectivity index (χ1v) is 6.33. The Kier molecular flexibility index (Phi) is 4.27. The summed E-state index contributed by atoms with van der Waals surface area (Å²) in [5.74, 6) is -1.09. The zero-order valence-electron chi connectivity index (χ0n) is 10.9. The van der Waals surface area contributed by atoms with Crippen molar-refractivity contribution in [3.63, 3.8) is 0 Å². The summed E-state index contributed by atoms with van der Waals surface area (Å²) in [5.41, 5.74) is 7.47. The van der Waals surface area contributed by atoms with Crippen molar-refractivity contribution in [1.82, 2.24) is 0 Å². The first-order valence-electron chi connectivity index (χ1n) is 6.33. The molecule has 1 nitrogen and oxygen atoms in total. The van der Waals surface area contributed by atoms with E-state index in [4.69, 9.17) is 5.73 Å².